The molecule has 2 N–H and O–H groups in total. The Bertz CT molecular complexity index is 936. The van der Waals surface area contributed by atoms with Crippen molar-refractivity contribution < 1.29 is 28.6 Å². The first-order valence-corrected chi connectivity index (χ1v) is 9.50. The van der Waals surface area contributed by atoms with Gasteiger partial charge in [0.25, 0.3) is 5.91 Å². The van der Waals surface area contributed by atoms with E-state index < -0.39 is 24.4 Å². The Hall–Kier alpha value is -2.97. The molecule has 8 nitrogen and oxygen atoms in total. The number of halogens is 2. The van der Waals surface area contributed by atoms with Crippen molar-refractivity contribution in [3.8, 4) is 11.5 Å². The van der Waals surface area contributed by atoms with Crippen molar-refractivity contribution >= 4 is 52.4 Å². The number of amides is 2. The van der Waals surface area contributed by atoms with Gasteiger partial charge in [-0.15, -0.1) is 0 Å². The number of hydrogen-bond acceptors (Lipinski definition) is 6. The molecule has 0 spiro atoms. The Kier molecular flexibility index (Phi) is 8.76. The van der Waals surface area contributed by atoms with Crippen molar-refractivity contribution in [3.05, 3.63) is 46.4 Å². The summed E-state index contributed by atoms with van der Waals surface area (Å²) < 4.78 is 15.2. The fraction of sp³-hybridized carbons (Fsp3) is 0.250. The third-order valence-corrected chi connectivity index (χ3v) is 4.37. The number of anilines is 2. The van der Waals surface area contributed by atoms with Gasteiger partial charge in [-0.25, -0.2) is 0 Å². The molecule has 0 saturated carbocycles. The maximum absolute atomic E-state index is 12.0. The molecule has 2 aromatic rings. The molecule has 2 rings (SSSR count). The predicted octanol–water partition coefficient (Wildman–Crippen LogP) is 3.91. The van der Waals surface area contributed by atoms with E-state index in [-0.39, 0.29) is 12.8 Å². The number of rotatable bonds is 9. The first kappa shape index (κ1) is 23.3. The zero-order valence-electron chi connectivity index (χ0n) is 16.3. The van der Waals surface area contributed by atoms with E-state index in [4.69, 9.17) is 37.4 Å². The van der Waals surface area contributed by atoms with Crippen LogP contribution in [0.3, 0.4) is 0 Å². The van der Waals surface area contributed by atoms with Crippen LogP contribution in [-0.2, 0) is 19.1 Å². The molecule has 0 saturated heterocycles. The first-order valence-electron chi connectivity index (χ1n) is 8.74. The first-order chi connectivity index (χ1) is 14.3. The van der Waals surface area contributed by atoms with Gasteiger partial charge in [0.1, 0.15) is 11.5 Å². The summed E-state index contributed by atoms with van der Waals surface area (Å²) in [6.07, 6.45) is -0.348. The van der Waals surface area contributed by atoms with E-state index in [2.05, 4.69) is 10.6 Å². The van der Waals surface area contributed by atoms with Crippen molar-refractivity contribution in [2.75, 3.05) is 31.5 Å². The minimum absolute atomic E-state index is 0.143. The molecule has 0 aromatic heterocycles. The summed E-state index contributed by atoms with van der Waals surface area (Å²) in [6.45, 7) is -0.504. The largest absolute Gasteiger partial charge is 0.497 e. The highest BCUT2D eigenvalue weighted by molar-refractivity contribution is 6.35. The lowest BCUT2D eigenvalue weighted by molar-refractivity contribution is -0.147. The quantitative estimate of drug-likeness (QED) is 0.556. The molecule has 0 atom stereocenters. The molecule has 0 aliphatic carbocycles. The number of hydrogen-bond donors (Lipinski definition) is 2. The normalized spacial score (nSPS) is 10.1. The summed E-state index contributed by atoms with van der Waals surface area (Å²) in [5.41, 5.74) is 0.743. The Morgan fingerprint density at radius 1 is 0.867 bits per heavy atom. The van der Waals surface area contributed by atoms with E-state index in [9.17, 15) is 14.4 Å². The summed E-state index contributed by atoms with van der Waals surface area (Å²) in [6, 6.07) is 9.48. The molecule has 10 heteroatoms. The topological polar surface area (TPSA) is 103 Å². The summed E-state index contributed by atoms with van der Waals surface area (Å²) in [5.74, 6) is -0.733. The summed E-state index contributed by atoms with van der Waals surface area (Å²) in [5, 5.41) is 5.86. The minimum Gasteiger partial charge on any atom is -0.497 e. The zero-order valence-corrected chi connectivity index (χ0v) is 17.8. The van der Waals surface area contributed by atoms with Gasteiger partial charge in [0.05, 0.1) is 37.0 Å². The standard InChI is InChI=1S/C20H20Cl2N2O6/c1-28-13-4-6-15(17(10-13)29-2)23-19(26)11-30-20(27)8-7-18(25)24-16-9-12(21)3-5-14(16)22/h3-6,9-10H,7-8,11H2,1-2H3,(H,23,26)(H,24,25). The number of carbonyl (C=O) groups excluding carboxylic acids is 3. The summed E-state index contributed by atoms with van der Waals surface area (Å²) >= 11 is 11.8. The predicted molar refractivity (Wildman–Crippen MR) is 113 cm³/mol. The molecule has 0 heterocycles. The van der Waals surface area contributed by atoms with Crippen LogP contribution < -0.4 is 20.1 Å². The molecule has 0 unspecified atom stereocenters. The van der Waals surface area contributed by atoms with Gasteiger partial charge in [0, 0.05) is 17.5 Å². The molecule has 0 aliphatic heterocycles. The van der Waals surface area contributed by atoms with Crippen molar-refractivity contribution in [1.29, 1.82) is 0 Å². The number of benzene rings is 2. The molecular formula is C20H20Cl2N2O6. The Morgan fingerprint density at radius 3 is 2.30 bits per heavy atom. The highest BCUT2D eigenvalue weighted by Gasteiger charge is 2.14. The molecular weight excluding hydrogens is 435 g/mol. The molecule has 0 radical (unpaired) electrons. The fourth-order valence-electron chi connectivity index (χ4n) is 2.33. The van der Waals surface area contributed by atoms with Crippen LogP contribution in [0.5, 0.6) is 11.5 Å². The maximum Gasteiger partial charge on any atom is 0.306 e. The van der Waals surface area contributed by atoms with Crippen LogP contribution in [0.2, 0.25) is 10.0 Å². The monoisotopic (exact) mass is 454 g/mol. The summed E-state index contributed by atoms with van der Waals surface area (Å²) in [4.78, 5) is 35.8. The second-order valence-corrected chi connectivity index (χ2v) is 6.79. The third kappa shape index (κ3) is 7.13. The van der Waals surface area contributed by atoms with Gasteiger partial charge in [-0.1, -0.05) is 23.2 Å². The van der Waals surface area contributed by atoms with Crippen LogP contribution in [-0.4, -0.2) is 38.6 Å². The van der Waals surface area contributed by atoms with Crippen molar-refractivity contribution in [2.24, 2.45) is 0 Å². The Balaban J connectivity index is 1.77. The van der Waals surface area contributed by atoms with Gasteiger partial charge >= 0.3 is 5.97 Å². The molecule has 0 bridgehead atoms. The van der Waals surface area contributed by atoms with Crippen LogP contribution in [0, 0.1) is 0 Å². The smallest absolute Gasteiger partial charge is 0.306 e. The van der Waals surface area contributed by atoms with E-state index in [1.165, 1.54) is 20.3 Å². The fourth-order valence-corrected chi connectivity index (χ4v) is 2.66. The second-order valence-electron chi connectivity index (χ2n) is 5.95. The summed E-state index contributed by atoms with van der Waals surface area (Å²) in [7, 11) is 2.96. The lowest BCUT2D eigenvalue weighted by Gasteiger charge is -2.12. The van der Waals surface area contributed by atoms with Crippen LogP contribution in [0.1, 0.15) is 12.8 Å². The van der Waals surface area contributed by atoms with Gasteiger partial charge in [-0.05, 0) is 30.3 Å². The van der Waals surface area contributed by atoms with Gasteiger partial charge in [-0.3, -0.25) is 14.4 Å². The Labute approximate surface area is 183 Å². The average Bonchev–Trinajstić information content (AvgIpc) is 2.73. The van der Waals surface area contributed by atoms with Crippen molar-refractivity contribution in [1.82, 2.24) is 0 Å². The number of methoxy groups -OCH3 is 2. The molecule has 2 amide bonds. The lowest BCUT2D eigenvalue weighted by atomic mass is 10.2. The lowest BCUT2D eigenvalue weighted by Crippen LogP contribution is -2.22. The van der Waals surface area contributed by atoms with Gasteiger partial charge in [-0.2, -0.15) is 0 Å². The van der Waals surface area contributed by atoms with Gasteiger partial charge in [0.2, 0.25) is 5.91 Å². The molecule has 2 aromatic carbocycles. The molecule has 0 fully saturated rings. The van der Waals surface area contributed by atoms with E-state index in [1.807, 2.05) is 0 Å². The molecule has 160 valence electrons. The van der Waals surface area contributed by atoms with Crippen molar-refractivity contribution in [2.45, 2.75) is 12.8 Å². The van der Waals surface area contributed by atoms with E-state index >= 15 is 0 Å². The van der Waals surface area contributed by atoms with Crippen LogP contribution in [0.4, 0.5) is 11.4 Å². The van der Waals surface area contributed by atoms with E-state index in [0.717, 1.165) is 0 Å². The van der Waals surface area contributed by atoms with Crippen molar-refractivity contribution in [3.63, 3.8) is 0 Å². The van der Waals surface area contributed by atoms with Gasteiger partial charge < -0.3 is 24.8 Å². The highest BCUT2D eigenvalue weighted by Crippen LogP contribution is 2.29. The zero-order chi connectivity index (χ0) is 22.1. The average molecular weight is 455 g/mol. The second kappa shape index (κ2) is 11.3. The number of nitrogens with one attached hydrogen (secondary N) is 2. The van der Waals surface area contributed by atoms with Gasteiger partial charge in [0.15, 0.2) is 6.61 Å². The van der Waals surface area contributed by atoms with Crippen LogP contribution in [0.25, 0.3) is 0 Å². The SMILES string of the molecule is COc1ccc(NC(=O)COC(=O)CCC(=O)Nc2cc(Cl)ccc2Cl)c(OC)c1. The molecule has 30 heavy (non-hydrogen) atoms. The number of esters is 1. The number of ether oxygens (including phenoxy) is 3. The number of carbonyl (C=O) groups is 3. The third-order valence-electron chi connectivity index (χ3n) is 3.81. The minimum atomic E-state index is -0.695. The van der Waals surface area contributed by atoms with Crippen LogP contribution >= 0.6 is 23.2 Å². The molecule has 0 aliphatic rings. The van der Waals surface area contributed by atoms with Crippen LogP contribution in [0.15, 0.2) is 36.4 Å². The Morgan fingerprint density at radius 2 is 1.60 bits per heavy atom. The van der Waals surface area contributed by atoms with E-state index in [0.29, 0.717) is 32.9 Å². The maximum atomic E-state index is 12.0. The van der Waals surface area contributed by atoms with E-state index in [1.54, 1.807) is 30.3 Å². The highest BCUT2D eigenvalue weighted by atomic mass is 35.5.